The van der Waals surface area contributed by atoms with Gasteiger partial charge >= 0.3 is 5.97 Å². The number of halogens is 2. The van der Waals surface area contributed by atoms with E-state index in [1.54, 1.807) is 50.2 Å². The third-order valence-corrected chi connectivity index (χ3v) is 4.21. The van der Waals surface area contributed by atoms with Crippen LogP contribution >= 0.6 is 15.9 Å². The largest absolute Gasteiger partial charge is 0.497 e. The number of carbonyl (C=O) groups is 2. The van der Waals surface area contributed by atoms with Crippen molar-refractivity contribution in [2.45, 2.75) is 6.92 Å². The summed E-state index contributed by atoms with van der Waals surface area (Å²) in [5.74, 6) is -1.62. The lowest BCUT2D eigenvalue weighted by Crippen LogP contribution is -2.21. The molecule has 2 rings (SSSR count). The Hall–Kier alpha value is -2.67. The number of Topliss-reactive ketones (excluding diaryl/α,β-unsaturated/α-hetero) is 1. The molecule has 0 unspecified atom stereocenters. The van der Waals surface area contributed by atoms with Crippen LogP contribution in [0.4, 0.5) is 10.1 Å². The first-order valence-corrected chi connectivity index (χ1v) is 8.92. The molecule has 27 heavy (non-hydrogen) atoms. The quantitative estimate of drug-likeness (QED) is 0.212. The summed E-state index contributed by atoms with van der Waals surface area (Å²) in [6.07, 6.45) is 1.34. The molecule has 0 saturated heterocycles. The number of carbonyl (C=O) groups excluding carboxylic acids is 2. The molecule has 0 N–H and O–H groups in total. The summed E-state index contributed by atoms with van der Waals surface area (Å²) in [6, 6.07) is 11.0. The van der Waals surface area contributed by atoms with Gasteiger partial charge in [0.05, 0.1) is 19.3 Å². The fourth-order valence-corrected chi connectivity index (χ4v) is 2.68. The van der Waals surface area contributed by atoms with Crippen molar-refractivity contribution in [2.24, 2.45) is 0 Å². The molecule has 0 heterocycles. The van der Waals surface area contributed by atoms with E-state index in [1.165, 1.54) is 18.3 Å². The van der Waals surface area contributed by atoms with Gasteiger partial charge in [-0.3, -0.25) is 4.79 Å². The van der Waals surface area contributed by atoms with Crippen molar-refractivity contribution in [1.82, 2.24) is 0 Å². The molecule has 2 aromatic rings. The van der Waals surface area contributed by atoms with Gasteiger partial charge in [0.2, 0.25) is 5.78 Å². The third kappa shape index (κ3) is 5.17. The van der Waals surface area contributed by atoms with E-state index in [1.807, 2.05) is 0 Å². The molecule has 2 aromatic carbocycles. The fraction of sp³-hybridized carbons (Fsp3) is 0.200. The van der Waals surface area contributed by atoms with E-state index in [-0.39, 0.29) is 17.7 Å². The second kappa shape index (κ2) is 9.32. The molecule has 0 aliphatic rings. The van der Waals surface area contributed by atoms with Gasteiger partial charge in [0, 0.05) is 23.4 Å². The SMILES string of the molecule is CCOC(=O)C(=CN(C)c1ccc(OC)cc1)C(=O)c1cc(Br)ccc1F. The van der Waals surface area contributed by atoms with Gasteiger partial charge in [-0.2, -0.15) is 0 Å². The highest BCUT2D eigenvalue weighted by Gasteiger charge is 2.25. The van der Waals surface area contributed by atoms with E-state index in [0.717, 1.165) is 6.07 Å². The minimum absolute atomic E-state index is 0.0939. The zero-order chi connectivity index (χ0) is 20.0. The molecule has 0 fully saturated rings. The van der Waals surface area contributed by atoms with E-state index in [0.29, 0.717) is 15.9 Å². The molecule has 0 amide bonds. The van der Waals surface area contributed by atoms with Gasteiger partial charge < -0.3 is 14.4 Å². The number of ether oxygens (including phenoxy) is 2. The second-order valence-electron chi connectivity index (χ2n) is 5.53. The Kier molecular flexibility index (Phi) is 7.12. The Labute approximate surface area is 165 Å². The maximum absolute atomic E-state index is 14.1. The number of anilines is 1. The van der Waals surface area contributed by atoms with E-state index in [4.69, 9.17) is 9.47 Å². The van der Waals surface area contributed by atoms with Gasteiger partial charge in [0.15, 0.2) is 0 Å². The Morgan fingerprint density at radius 2 is 1.85 bits per heavy atom. The molecule has 5 nitrogen and oxygen atoms in total. The van der Waals surface area contributed by atoms with E-state index >= 15 is 0 Å². The highest BCUT2D eigenvalue weighted by molar-refractivity contribution is 9.10. The third-order valence-electron chi connectivity index (χ3n) is 3.72. The van der Waals surface area contributed by atoms with Crippen molar-refractivity contribution in [3.8, 4) is 5.75 Å². The lowest BCUT2D eigenvalue weighted by atomic mass is 10.0. The smallest absolute Gasteiger partial charge is 0.343 e. The molecule has 7 heteroatoms. The molecule has 0 spiro atoms. The highest BCUT2D eigenvalue weighted by atomic mass is 79.9. The maximum Gasteiger partial charge on any atom is 0.343 e. The Balaban J connectivity index is 2.43. The summed E-state index contributed by atoms with van der Waals surface area (Å²) in [6.45, 7) is 1.73. The Morgan fingerprint density at radius 1 is 1.19 bits per heavy atom. The highest BCUT2D eigenvalue weighted by Crippen LogP contribution is 2.22. The molecule has 0 bridgehead atoms. The second-order valence-corrected chi connectivity index (χ2v) is 6.44. The summed E-state index contributed by atoms with van der Waals surface area (Å²) in [5.41, 5.74) is 0.221. The maximum atomic E-state index is 14.1. The van der Waals surface area contributed by atoms with Crippen LogP contribution in [0, 0.1) is 5.82 Å². The average Bonchev–Trinajstić information content (AvgIpc) is 2.67. The summed E-state index contributed by atoms with van der Waals surface area (Å²) in [5, 5.41) is 0. The molecule has 0 saturated carbocycles. The molecule has 142 valence electrons. The molecular formula is C20H19BrFNO4. The summed E-state index contributed by atoms with van der Waals surface area (Å²) in [4.78, 5) is 26.7. The van der Waals surface area contributed by atoms with Crippen LogP contribution in [-0.4, -0.2) is 32.5 Å². The van der Waals surface area contributed by atoms with Crippen molar-refractivity contribution in [2.75, 3.05) is 25.7 Å². The summed E-state index contributed by atoms with van der Waals surface area (Å²) >= 11 is 3.21. The van der Waals surface area contributed by atoms with Crippen LogP contribution in [0.1, 0.15) is 17.3 Å². The first kappa shape index (κ1) is 20.6. The zero-order valence-corrected chi connectivity index (χ0v) is 16.7. The molecule has 0 aliphatic carbocycles. The topological polar surface area (TPSA) is 55.8 Å². The Morgan fingerprint density at radius 3 is 2.44 bits per heavy atom. The number of rotatable bonds is 7. The van der Waals surface area contributed by atoms with Gasteiger partial charge in [-0.15, -0.1) is 0 Å². The van der Waals surface area contributed by atoms with E-state index in [2.05, 4.69) is 15.9 Å². The van der Waals surface area contributed by atoms with Crippen molar-refractivity contribution in [3.05, 3.63) is 70.1 Å². The molecule has 0 aromatic heterocycles. The normalized spacial score (nSPS) is 11.1. The van der Waals surface area contributed by atoms with Crippen LogP contribution < -0.4 is 9.64 Å². The van der Waals surface area contributed by atoms with Crippen molar-refractivity contribution in [3.63, 3.8) is 0 Å². The number of hydrogen-bond acceptors (Lipinski definition) is 5. The summed E-state index contributed by atoms with van der Waals surface area (Å²) in [7, 11) is 3.23. The van der Waals surface area contributed by atoms with Gasteiger partial charge in [-0.25, -0.2) is 9.18 Å². The molecular weight excluding hydrogens is 417 g/mol. The van der Waals surface area contributed by atoms with Gasteiger partial charge in [0.25, 0.3) is 0 Å². The standard InChI is InChI=1S/C20H19BrFNO4/c1-4-27-20(25)17(19(24)16-11-13(21)5-10-18(16)22)12-23(2)14-6-8-15(26-3)9-7-14/h5-12H,4H2,1-3H3. The predicted molar refractivity (Wildman–Crippen MR) is 105 cm³/mol. The lowest BCUT2D eigenvalue weighted by molar-refractivity contribution is -0.138. The first-order valence-electron chi connectivity index (χ1n) is 8.13. The average molecular weight is 436 g/mol. The first-order chi connectivity index (χ1) is 12.9. The van der Waals surface area contributed by atoms with Crippen molar-refractivity contribution in [1.29, 1.82) is 0 Å². The van der Waals surface area contributed by atoms with Gasteiger partial charge in [0.1, 0.15) is 17.1 Å². The van der Waals surface area contributed by atoms with Gasteiger partial charge in [-0.1, -0.05) is 15.9 Å². The van der Waals surface area contributed by atoms with E-state index in [9.17, 15) is 14.0 Å². The predicted octanol–water partition coefficient (Wildman–Crippen LogP) is 4.36. The summed E-state index contributed by atoms with van der Waals surface area (Å²) < 4.78 is 24.7. The number of ketones is 1. The zero-order valence-electron chi connectivity index (χ0n) is 15.2. The van der Waals surface area contributed by atoms with E-state index < -0.39 is 17.6 Å². The fourth-order valence-electron chi connectivity index (χ4n) is 2.32. The minimum atomic E-state index is -0.817. The van der Waals surface area contributed by atoms with Gasteiger partial charge in [-0.05, 0) is 49.4 Å². The number of hydrogen-bond donors (Lipinski definition) is 0. The van der Waals surface area contributed by atoms with Crippen molar-refractivity contribution < 1.29 is 23.5 Å². The lowest BCUT2D eigenvalue weighted by Gasteiger charge is -2.17. The van der Waals surface area contributed by atoms with Crippen LogP contribution in [0.2, 0.25) is 0 Å². The van der Waals surface area contributed by atoms with Crippen LogP contribution in [0.15, 0.2) is 58.7 Å². The van der Waals surface area contributed by atoms with Crippen LogP contribution in [0.25, 0.3) is 0 Å². The molecule has 0 atom stereocenters. The minimum Gasteiger partial charge on any atom is -0.497 e. The van der Waals surface area contributed by atoms with Crippen molar-refractivity contribution >= 4 is 33.4 Å². The molecule has 0 aliphatic heterocycles. The molecule has 0 radical (unpaired) electrons. The number of esters is 1. The number of nitrogens with zero attached hydrogens (tertiary/aromatic N) is 1. The van der Waals surface area contributed by atoms with Crippen LogP contribution in [-0.2, 0) is 9.53 Å². The monoisotopic (exact) mass is 435 g/mol. The van der Waals surface area contributed by atoms with Crippen LogP contribution in [0.3, 0.4) is 0 Å². The Bertz CT molecular complexity index is 865. The van der Waals surface area contributed by atoms with Crippen LogP contribution in [0.5, 0.6) is 5.75 Å². The number of methoxy groups -OCH3 is 1. The number of benzene rings is 2.